The first kappa shape index (κ1) is 18.3. The lowest BCUT2D eigenvalue weighted by Gasteiger charge is -2.24. The van der Waals surface area contributed by atoms with Crippen molar-refractivity contribution >= 4 is 17.6 Å². The van der Waals surface area contributed by atoms with Crippen molar-refractivity contribution in [1.29, 1.82) is 0 Å². The minimum Gasteiger partial charge on any atom is -0.308 e. The van der Waals surface area contributed by atoms with Gasteiger partial charge in [-0.1, -0.05) is 17.7 Å². The number of aryl methyl sites for hydroxylation is 1. The summed E-state index contributed by atoms with van der Waals surface area (Å²) < 4.78 is 49.7. The molecule has 0 saturated heterocycles. The molecule has 1 atom stereocenters. The summed E-state index contributed by atoms with van der Waals surface area (Å²) in [6.07, 6.45) is 0. The maximum Gasteiger partial charge on any atom is 0.348 e. The number of hydrogen-bond donors (Lipinski definition) is 1. The largest absolute Gasteiger partial charge is 0.348 e. The molecule has 0 fully saturated rings. The van der Waals surface area contributed by atoms with E-state index >= 15 is 0 Å². The Bertz CT molecular complexity index is 589. The van der Waals surface area contributed by atoms with Crippen LogP contribution in [0, 0.1) is 6.92 Å². The molecule has 1 aromatic carbocycles. The Balaban J connectivity index is 2.96. The number of nitrogens with one attached hydrogen (secondary N) is 1. The number of hydrogen-bond acceptors (Lipinski definition) is 5. The molecular formula is C13H22NO5PS. The van der Waals surface area contributed by atoms with E-state index < -0.39 is 23.4 Å². The van der Waals surface area contributed by atoms with Crippen molar-refractivity contribution < 1.29 is 22.0 Å². The van der Waals surface area contributed by atoms with Crippen LogP contribution in [0.15, 0.2) is 29.2 Å². The molecule has 1 aromatic rings. The van der Waals surface area contributed by atoms with Gasteiger partial charge < -0.3 is 9.05 Å². The van der Waals surface area contributed by atoms with Crippen LogP contribution < -0.4 is 4.72 Å². The van der Waals surface area contributed by atoms with Gasteiger partial charge in [-0.2, -0.15) is 4.72 Å². The number of sulfonamides is 1. The predicted octanol–water partition coefficient (Wildman–Crippen LogP) is 2.89. The third kappa shape index (κ3) is 4.90. The van der Waals surface area contributed by atoms with E-state index in [0.29, 0.717) is 0 Å². The second-order valence-electron chi connectivity index (χ2n) is 4.49. The van der Waals surface area contributed by atoms with E-state index in [1.165, 1.54) is 19.1 Å². The van der Waals surface area contributed by atoms with Crippen LogP contribution in [0.3, 0.4) is 0 Å². The highest BCUT2D eigenvalue weighted by atomic mass is 32.2. The van der Waals surface area contributed by atoms with Crippen molar-refractivity contribution in [2.75, 3.05) is 13.2 Å². The molecule has 0 aromatic heterocycles. The van der Waals surface area contributed by atoms with Gasteiger partial charge in [-0.15, -0.1) is 0 Å². The molecule has 21 heavy (non-hydrogen) atoms. The van der Waals surface area contributed by atoms with Crippen LogP contribution in [0.1, 0.15) is 26.3 Å². The quantitative estimate of drug-likeness (QED) is 0.739. The SMILES string of the molecule is CCOP(=O)(OCC)C(C)NS(=O)(=O)c1ccc(C)cc1. The normalized spacial score (nSPS) is 14.1. The lowest BCUT2D eigenvalue weighted by molar-refractivity contribution is 0.212. The lowest BCUT2D eigenvalue weighted by atomic mass is 10.2. The summed E-state index contributed by atoms with van der Waals surface area (Å²) in [6, 6.07) is 6.39. The molecule has 0 spiro atoms. The zero-order valence-electron chi connectivity index (χ0n) is 12.7. The molecule has 0 heterocycles. The van der Waals surface area contributed by atoms with Gasteiger partial charge in [0.25, 0.3) is 0 Å². The van der Waals surface area contributed by atoms with Crippen molar-refractivity contribution in [3.63, 3.8) is 0 Å². The molecule has 0 aliphatic rings. The van der Waals surface area contributed by atoms with Gasteiger partial charge in [-0.25, -0.2) is 8.42 Å². The smallest absolute Gasteiger partial charge is 0.308 e. The van der Waals surface area contributed by atoms with E-state index in [1.807, 2.05) is 6.92 Å². The topological polar surface area (TPSA) is 81.7 Å². The van der Waals surface area contributed by atoms with Crippen molar-refractivity contribution in [1.82, 2.24) is 4.72 Å². The Morgan fingerprint density at radius 1 is 1.14 bits per heavy atom. The molecule has 0 aliphatic heterocycles. The first-order valence-corrected chi connectivity index (χ1v) is 9.82. The zero-order chi connectivity index (χ0) is 16.1. The van der Waals surface area contributed by atoms with Gasteiger partial charge >= 0.3 is 7.60 Å². The minimum absolute atomic E-state index is 0.111. The fraction of sp³-hybridized carbons (Fsp3) is 0.538. The van der Waals surface area contributed by atoms with Gasteiger partial charge in [-0.05, 0) is 39.8 Å². The van der Waals surface area contributed by atoms with Crippen molar-refractivity contribution in [2.24, 2.45) is 0 Å². The fourth-order valence-corrected chi connectivity index (χ4v) is 4.95. The van der Waals surface area contributed by atoms with E-state index in [4.69, 9.17) is 9.05 Å². The van der Waals surface area contributed by atoms with Crippen molar-refractivity contribution in [2.45, 2.75) is 38.4 Å². The molecule has 0 saturated carbocycles. The highest BCUT2D eigenvalue weighted by molar-refractivity contribution is 7.89. The zero-order valence-corrected chi connectivity index (χ0v) is 14.4. The summed E-state index contributed by atoms with van der Waals surface area (Å²) in [5, 5.41) is 0. The van der Waals surface area contributed by atoms with Gasteiger partial charge in [-0.3, -0.25) is 4.57 Å². The predicted molar refractivity (Wildman–Crippen MR) is 81.8 cm³/mol. The van der Waals surface area contributed by atoms with Gasteiger partial charge in [0.1, 0.15) is 5.78 Å². The van der Waals surface area contributed by atoms with E-state index in [0.717, 1.165) is 5.56 Å². The third-order valence-electron chi connectivity index (χ3n) is 2.75. The van der Waals surface area contributed by atoms with Crippen LogP contribution in [0.25, 0.3) is 0 Å². The summed E-state index contributed by atoms with van der Waals surface area (Å²) in [5.41, 5.74) is 0.955. The average Bonchev–Trinajstić information content (AvgIpc) is 2.39. The van der Waals surface area contributed by atoms with Crippen LogP contribution >= 0.6 is 7.60 Å². The van der Waals surface area contributed by atoms with E-state index in [1.54, 1.807) is 26.0 Å². The molecule has 120 valence electrons. The maximum absolute atomic E-state index is 12.5. The Morgan fingerprint density at radius 3 is 2.05 bits per heavy atom. The second-order valence-corrected chi connectivity index (χ2v) is 8.57. The second kappa shape index (κ2) is 7.51. The molecule has 8 heteroatoms. The summed E-state index contributed by atoms with van der Waals surface area (Å²) in [5.74, 6) is -0.969. The lowest BCUT2D eigenvalue weighted by Crippen LogP contribution is -2.33. The molecule has 1 unspecified atom stereocenters. The summed E-state index contributed by atoms with van der Waals surface area (Å²) in [7, 11) is -7.31. The number of benzene rings is 1. The standard InChI is InChI=1S/C13H22NO5PS/c1-5-18-20(15,19-6-2)12(4)14-21(16,17)13-9-7-11(3)8-10-13/h7-10,12,14H,5-6H2,1-4H3. The van der Waals surface area contributed by atoms with Crippen molar-refractivity contribution in [3.8, 4) is 0 Å². The van der Waals surface area contributed by atoms with Crippen LogP contribution in [-0.4, -0.2) is 27.4 Å². The third-order valence-corrected chi connectivity index (χ3v) is 6.79. The molecule has 0 aliphatic carbocycles. The summed E-state index contributed by atoms with van der Waals surface area (Å²) in [6.45, 7) is 7.03. The Hall–Kier alpha value is -0.720. The van der Waals surface area contributed by atoms with Crippen LogP contribution in [-0.2, 0) is 23.6 Å². The molecule has 0 amide bonds. The number of rotatable bonds is 8. The first-order chi connectivity index (χ1) is 9.75. The maximum atomic E-state index is 12.5. The van der Waals surface area contributed by atoms with E-state index in [2.05, 4.69) is 4.72 Å². The van der Waals surface area contributed by atoms with Gasteiger partial charge in [0.2, 0.25) is 10.0 Å². The first-order valence-electron chi connectivity index (χ1n) is 6.73. The van der Waals surface area contributed by atoms with Gasteiger partial charge in [0, 0.05) is 0 Å². The summed E-state index contributed by atoms with van der Waals surface area (Å²) in [4.78, 5) is 0.111. The average molecular weight is 335 g/mol. The molecule has 1 rings (SSSR count). The summed E-state index contributed by atoms with van der Waals surface area (Å²) >= 11 is 0. The Kier molecular flexibility index (Phi) is 6.56. The molecule has 0 bridgehead atoms. The van der Waals surface area contributed by atoms with Gasteiger partial charge in [0.15, 0.2) is 0 Å². The van der Waals surface area contributed by atoms with Crippen LogP contribution in [0.4, 0.5) is 0 Å². The Labute approximate surface area is 126 Å². The highest BCUT2D eigenvalue weighted by Crippen LogP contribution is 2.52. The molecule has 1 N–H and O–H groups in total. The monoisotopic (exact) mass is 335 g/mol. The molecule has 0 radical (unpaired) electrons. The Morgan fingerprint density at radius 2 is 1.62 bits per heavy atom. The minimum atomic E-state index is -3.78. The van der Waals surface area contributed by atoms with Crippen LogP contribution in [0.5, 0.6) is 0 Å². The fourth-order valence-electron chi connectivity index (χ4n) is 1.70. The molecule has 6 nitrogen and oxygen atoms in total. The van der Waals surface area contributed by atoms with Crippen molar-refractivity contribution in [3.05, 3.63) is 29.8 Å². The van der Waals surface area contributed by atoms with Crippen LogP contribution in [0.2, 0.25) is 0 Å². The van der Waals surface area contributed by atoms with Gasteiger partial charge in [0.05, 0.1) is 18.1 Å². The van der Waals surface area contributed by atoms with E-state index in [9.17, 15) is 13.0 Å². The highest BCUT2D eigenvalue weighted by Gasteiger charge is 2.35. The molecular weight excluding hydrogens is 313 g/mol. The van der Waals surface area contributed by atoms with E-state index in [-0.39, 0.29) is 18.1 Å².